The molecule has 6 heteroatoms. The maximum Gasteiger partial charge on any atom is 0.309 e. The van der Waals surface area contributed by atoms with Crippen LogP contribution in [-0.4, -0.2) is 85.2 Å². The summed E-state index contributed by atoms with van der Waals surface area (Å²) >= 11 is 0. The summed E-state index contributed by atoms with van der Waals surface area (Å²) in [4.78, 5) is 18.4. The fourth-order valence-corrected chi connectivity index (χ4v) is 3.81. The highest BCUT2D eigenvalue weighted by Gasteiger charge is 2.35. The summed E-state index contributed by atoms with van der Waals surface area (Å²) in [5, 5.41) is 9.39. The number of carbonyl (C=O) groups is 1. The molecule has 24 heavy (non-hydrogen) atoms. The number of carboxylic acid groups (broad SMARTS) is 1. The fraction of sp³-hybridized carbons (Fsp3) is 0.611. The molecule has 1 aromatic carbocycles. The van der Waals surface area contributed by atoms with Crippen LogP contribution in [-0.2, 0) is 11.3 Å². The zero-order valence-corrected chi connectivity index (χ0v) is 14.5. The van der Waals surface area contributed by atoms with Gasteiger partial charge in [0, 0.05) is 51.9 Å². The SMILES string of the molecule is COc1ccc(CN2CCN3C[C@@H](C(=O)O)CN(C)C[C@@H]3C2)cc1. The van der Waals surface area contributed by atoms with E-state index in [4.69, 9.17) is 4.74 Å². The van der Waals surface area contributed by atoms with Crippen LogP contribution in [0.2, 0.25) is 0 Å². The number of aliphatic carboxylic acids is 1. The van der Waals surface area contributed by atoms with Gasteiger partial charge in [-0.05, 0) is 24.7 Å². The van der Waals surface area contributed by atoms with Crippen molar-refractivity contribution in [1.29, 1.82) is 0 Å². The summed E-state index contributed by atoms with van der Waals surface area (Å²) in [6.07, 6.45) is 0. The van der Waals surface area contributed by atoms with Crippen molar-refractivity contribution in [1.82, 2.24) is 14.7 Å². The summed E-state index contributed by atoms with van der Waals surface area (Å²) in [6.45, 7) is 6.09. The van der Waals surface area contributed by atoms with Crippen LogP contribution in [0.3, 0.4) is 0 Å². The lowest BCUT2D eigenvalue weighted by Crippen LogP contribution is -2.55. The number of rotatable bonds is 4. The number of methoxy groups -OCH3 is 1. The largest absolute Gasteiger partial charge is 0.497 e. The van der Waals surface area contributed by atoms with E-state index >= 15 is 0 Å². The van der Waals surface area contributed by atoms with Gasteiger partial charge >= 0.3 is 5.97 Å². The van der Waals surface area contributed by atoms with Gasteiger partial charge in [0.1, 0.15) is 5.75 Å². The van der Waals surface area contributed by atoms with E-state index in [0.717, 1.165) is 38.5 Å². The molecule has 1 N–H and O–H groups in total. The Balaban J connectivity index is 1.61. The molecule has 2 atom stereocenters. The van der Waals surface area contributed by atoms with Gasteiger partial charge in [-0.15, -0.1) is 0 Å². The molecule has 132 valence electrons. The number of likely N-dealkylation sites (N-methyl/N-ethyl adjacent to an activating group) is 1. The molecule has 0 bridgehead atoms. The van der Waals surface area contributed by atoms with E-state index in [2.05, 4.69) is 26.8 Å². The summed E-state index contributed by atoms with van der Waals surface area (Å²) in [5.41, 5.74) is 1.29. The van der Waals surface area contributed by atoms with Crippen LogP contribution in [0.15, 0.2) is 24.3 Å². The lowest BCUT2D eigenvalue weighted by molar-refractivity contribution is -0.142. The van der Waals surface area contributed by atoms with E-state index in [1.807, 2.05) is 19.2 Å². The van der Waals surface area contributed by atoms with Gasteiger partial charge in [-0.3, -0.25) is 14.6 Å². The quantitative estimate of drug-likeness (QED) is 0.881. The molecule has 0 spiro atoms. The third-order valence-electron chi connectivity index (χ3n) is 5.11. The molecule has 2 heterocycles. The predicted octanol–water partition coefficient (Wildman–Crippen LogP) is 0.828. The first kappa shape index (κ1) is 17.2. The zero-order chi connectivity index (χ0) is 17.1. The molecule has 1 aromatic rings. The Morgan fingerprint density at radius 1 is 1.17 bits per heavy atom. The lowest BCUT2D eigenvalue weighted by Gasteiger charge is -2.41. The third kappa shape index (κ3) is 4.06. The van der Waals surface area contributed by atoms with Crippen molar-refractivity contribution in [3.63, 3.8) is 0 Å². The number of benzene rings is 1. The van der Waals surface area contributed by atoms with Crippen molar-refractivity contribution in [2.75, 3.05) is 53.4 Å². The minimum absolute atomic E-state index is 0.284. The van der Waals surface area contributed by atoms with Gasteiger partial charge in [-0.25, -0.2) is 0 Å². The van der Waals surface area contributed by atoms with Crippen LogP contribution in [0, 0.1) is 5.92 Å². The maximum atomic E-state index is 11.4. The highest BCUT2D eigenvalue weighted by atomic mass is 16.5. The van der Waals surface area contributed by atoms with E-state index in [1.165, 1.54) is 5.56 Å². The molecule has 2 fully saturated rings. The molecular formula is C18H27N3O3. The molecule has 0 amide bonds. The Morgan fingerprint density at radius 3 is 2.58 bits per heavy atom. The first-order chi connectivity index (χ1) is 11.5. The number of hydrogen-bond acceptors (Lipinski definition) is 5. The second-order valence-electron chi connectivity index (χ2n) is 6.99. The van der Waals surface area contributed by atoms with Gasteiger partial charge in [0.05, 0.1) is 13.0 Å². The zero-order valence-electron chi connectivity index (χ0n) is 14.5. The third-order valence-corrected chi connectivity index (χ3v) is 5.11. The Kier molecular flexibility index (Phi) is 5.38. The second kappa shape index (κ2) is 7.51. The first-order valence-electron chi connectivity index (χ1n) is 8.56. The normalized spacial score (nSPS) is 26.6. The van der Waals surface area contributed by atoms with E-state index in [9.17, 15) is 9.90 Å². The van der Waals surface area contributed by atoms with E-state index in [1.54, 1.807) is 7.11 Å². The molecule has 0 aliphatic carbocycles. The molecule has 2 saturated heterocycles. The summed E-state index contributed by atoms with van der Waals surface area (Å²) in [7, 11) is 3.71. The van der Waals surface area contributed by atoms with Crippen molar-refractivity contribution < 1.29 is 14.6 Å². The van der Waals surface area contributed by atoms with Crippen LogP contribution >= 0.6 is 0 Å². The van der Waals surface area contributed by atoms with E-state index < -0.39 is 5.97 Å². The van der Waals surface area contributed by atoms with Gasteiger partial charge in [-0.2, -0.15) is 0 Å². The van der Waals surface area contributed by atoms with Crippen molar-refractivity contribution in [2.45, 2.75) is 12.6 Å². The number of ether oxygens (including phenoxy) is 1. The Hall–Kier alpha value is -1.63. The average Bonchev–Trinajstić information content (AvgIpc) is 2.73. The smallest absolute Gasteiger partial charge is 0.309 e. The number of hydrogen-bond donors (Lipinski definition) is 1. The average molecular weight is 333 g/mol. The number of nitrogens with zero attached hydrogens (tertiary/aromatic N) is 3. The predicted molar refractivity (Wildman–Crippen MR) is 92.3 cm³/mol. The molecule has 6 nitrogen and oxygen atoms in total. The van der Waals surface area contributed by atoms with Crippen LogP contribution in [0.5, 0.6) is 5.75 Å². The highest BCUT2D eigenvalue weighted by Crippen LogP contribution is 2.20. The fourth-order valence-electron chi connectivity index (χ4n) is 3.81. The lowest BCUT2D eigenvalue weighted by atomic mass is 10.1. The molecule has 0 radical (unpaired) electrons. The monoisotopic (exact) mass is 333 g/mol. The number of carboxylic acids is 1. The van der Waals surface area contributed by atoms with Crippen molar-refractivity contribution in [2.24, 2.45) is 5.92 Å². The molecule has 3 rings (SSSR count). The van der Waals surface area contributed by atoms with Crippen LogP contribution in [0.25, 0.3) is 0 Å². The van der Waals surface area contributed by atoms with Crippen molar-refractivity contribution in [3.05, 3.63) is 29.8 Å². The van der Waals surface area contributed by atoms with Gasteiger partial charge in [0.25, 0.3) is 0 Å². The molecule has 0 saturated carbocycles. The molecule has 0 aromatic heterocycles. The van der Waals surface area contributed by atoms with Crippen LogP contribution < -0.4 is 4.74 Å². The Bertz CT molecular complexity index is 563. The standard InChI is InChI=1S/C18H27N3O3/c1-19-10-15(18(22)23)11-21-8-7-20(13-16(21)12-19)9-14-3-5-17(24-2)6-4-14/h3-6,15-16H,7-13H2,1-2H3,(H,22,23)/t15-,16+/m0/s1. The van der Waals surface area contributed by atoms with Crippen LogP contribution in [0.4, 0.5) is 0 Å². The second-order valence-corrected chi connectivity index (χ2v) is 6.99. The van der Waals surface area contributed by atoms with E-state index in [0.29, 0.717) is 19.1 Å². The van der Waals surface area contributed by atoms with Gasteiger partial charge in [0.2, 0.25) is 0 Å². The van der Waals surface area contributed by atoms with Crippen molar-refractivity contribution >= 4 is 5.97 Å². The maximum absolute atomic E-state index is 11.4. The number of piperazine rings is 1. The van der Waals surface area contributed by atoms with Gasteiger partial charge in [-0.1, -0.05) is 12.1 Å². The Morgan fingerprint density at radius 2 is 1.92 bits per heavy atom. The van der Waals surface area contributed by atoms with Crippen molar-refractivity contribution in [3.8, 4) is 5.75 Å². The van der Waals surface area contributed by atoms with Gasteiger partial charge in [0.15, 0.2) is 0 Å². The summed E-state index contributed by atoms with van der Waals surface area (Å²) in [6, 6.07) is 8.65. The van der Waals surface area contributed by atoms with Crippen LogP contribution in [0.1, 0.15) is 5.56 Å². The van der Waals surface area contributed by atoms with Gasteiger partial charge < -0.3 is 14.7 Å². The minimum atomic E-state index is -0.678. The first-order valence-corrected chi connectivity index (χ1v) is 8.56. The molecule has 0 unspecified atom stereocenters. The molecular weight excluding hydrogens is 306 g/mol. The summed E-state index contributed by atoms with van der Waals surface area (Å²) in [5.74, 6) is -0.0787. The van der Waals surface area contributed by atoms with E-state index in [-0.39, 0.29) is 5.92 Å². The highest BCUT2D eigenvalue weighted by molar-refractivity contribution is 5.70. The molecule has 2 aliphatic rings. The molecule has 2 aliphatic heterocycles. The Labute approximate surface area is 143 Å². The summed E-state index contributed by atoms with van der Waals surface area (Å²) < 4.78 is 5.21. The topological polar surface area (TPSA) is 56.3 Å². The number of fused-ring (bicyclic) bond motifs is 1. The minimum Gasteiger partial charge on any atom is -0.497 e.